The van der Waals surface area contributed by atoms with Crippen LogP contribution in [-0.4, -0.2) is 55.3 Å². The topological polar surface area (TPSA) is 64.8 Å². The van der Waals surface area contributed by atoms with Gasteiger partial charge in [-0.05, 0) is 12.8 Å². The maximum Gasteiger partial charge on any atom is 0.248 e. The number of likely N-dealkylation sites (N-methyl/N-ethyl adjacent to an activating group) is 1. The molecule has 0 aliphatic carbocycles. The number of hydrogen-bond donors (Lipinski definition) is 1. The van der Waals surface area contributed by atoms with Gasteiger partial charge in [-0.25, -0.2) is 0 Å². The van der Waals surface area contributed by atoms with E-state index in [0.717, 1.165) is 26.1 Å². The van der Waals surface area contributed by atoms with Crippen LogP contribution in [0.15, 0.2) is 0 Å². The molecule has 0 aromatic rings. The van der Waals surface area contributed by atoms with Crippen molar-refractivity contribution in [3.05, 3.63) is 0 Å². The number of hydrogen-bond acceptors (Lipinski definition) is 4. The van der Waals surface area contributed by atoms with Crippen molar-refractivity contribution < 1.29 is 14.3 Å². The van der Waals surface area contributed by atoms with Crippen LogP contribution in [-0.2, 0) is 14.3 Å². The highest BCUT2D eigenvalue weighted by Gasteiger charge is 2.17. The molecule has 1 amide bonds. The number of ether oxygens (including phenoxy) is 2. The summed E-state index contributed by atoms with van der Waals surface area (Å²) < 4.78 is 10.8. The SMILES string of the molecule is CN(CCC(N)=S)C(=O)COC1CCOCC1. The number of rotatable bonds is 6. The van der Waals surface area contributed by atoms with Crippen LogP contribution < -0.4 is 5.73 Å². The molecule has 2 N–H and O–H groups in total. The molecule has 0 spiro atoms. The molecular weight excluding hydrogens is 240 g/mol. The van der Waals surface area contributed by atoms with Gasteiger partial charge in [-0.1, -0.05) is 12.2 Å². The number of amides is 1. The zero-order chi connectivity index (χ0) is 12.7. The maximum absolute atomic E-state index is 11.7. The van der Waals surface area contributed by atoms with Crippen molar-refractivity contribution in [2.24, 2.45) is 5.73 Å². The zero-order valence-electron chi connectivity index (χ0n) is 10.2. The van der Waals surface area contributed by atoms with Crippen LogP contribution in [0.2, 0.25) is 0 Å². The van der Waals surface area contributed by atoms with E-state index in [1.54, 1.807) is 11.9 Å². The van der Waals surface area contributed by atoms with E-state index in [1.165, 1.54) is 0 Å². The molecule has 5 nitrogen and oxygen atoms in total. The van der Waals surface area contributed by atoms with Gasteiger partial charge in [-0.15, -0.1) is 0 Å². The Morgan fingerprint density at radius 1 is 1.53 bits per heavy atom. The van der Waals surface area contributed by atoms with Crippen molar-refractivity contribution in [3.63, 3.8) is 0 Å². The van der Waals surface area contributed by atoms with Gasteiger partial charge in [0, 0.05) is 33.2 Å². The summed E-state index contributed by atoms with van der Waals surface area (Å²) in [4.78, 5) is 13.7. The van der Waals surface area contributed by atoms with Crippen LogP contribution in [0.4, 0.5) is 0 Å². The first-order valence-electron chi connectivity index (χ1n) is 5.81. The Morgan fingerprint density at radius 3 is 2.76 bits per heavy atom. The van der Waals surface area contributed by atoms with Crippen molar-refractivity contribution in [3.8, 4) is 0 Å². The second kappa shape index (κ2) is 7.58. The van der Waals surface area contributed by atoms with E-state index in [-0.39, 0.29) is 18.6 Å². The lowest BCUT2D eigenvalue weighted by Gasteiger charge is -2.23. The molecule has 0 saturated carbocycles. The van der Waals surface area contributed by atoms with Crippen molar-refractivity contribution in [2.45, 2.75) is 25.4 Å². The second-order valence-electron chi connectivity index (χ2n) is 4.15. The normalized spacial score (nSPS) is 16.8. The summed E-state index contributed by atoms with van der Waals surface area (Å²) in [5.41, 5.74) is 5.38. The fraction of sp³-hybridized carbons (Fsp3) is 0.818. The molecule has 0 atom stereocenters. The molecule has 1 saturated heterocycles. The molecule has 17 heavy (non-hydrogen) atoms. The molecule has 0 radical (unpaired) electrons. The summed E-state index contributed by atoms with van der Waals surface area (Å²) in [6.45, 7) is 2.11. The van der Waals surface area contributed by atoms with Crippen LogP contribution >= 0.6 is 12.2 Å². The number of thiocarbonyl (C=S) groups is 1. The van der Waals surface area contributed by atoms with E-state index in [4.69, 9.17) is 27.4 Å². The van der Waals surface area contributed by atoms with Crippen LogP contribution in [0.5, 0.6) is 0 Å². The van der Waals surface area contributed by atoms with Crippen molar-refractivity contribution in [1.29, 1.82) is 0 Å². The second-order valence-corrected chi connectivity index (χ2v) is 4.68. The number of carbonyl (C=O) groups excluding carboxylic acids is 1. The van der Waals surface area contributed by atoms with E-state index in [0.29, 0.717) is 18.0 Å². The molecule has 0 bridgehead atoms. The monoisotopic (exact) mass is 260 g/mol. The smallest absolute Gasteiger partial charge is 0.248 e. The minimum atomic E-state index is -0.0345. The molecule has 6 heteroatoms. The standard InChI is InChI=1S/C11H20N2O3S/c1-13(5-2-10(12)17)11(14)8-16-9-3-6-15-7-4-9/h9H,2-8H2,1H3,(H2,12,17). The number of nitrogens with two attached hydrogens (primary N) is 1. The molecule has 1 rings (SSSR count). The molecule has 0 aromatic carbocycles. The Hall–Kier alpha value is -0.720. The lowest BCUT2D eigenvalue weighted by molar-refractivity contribution is -0.138. The molecule has 1 fully saturated rings. The highest BCUT2D eigenvalue weighted by atomic mass is 32.1. The lowest BCUT2D eigenvalue weighted by Crippen LogP contribution is -2.35. The Balaban J connectivity index is 2.16. The first kappa shape index (κ1) is 14.3. The molecule has 0 aromatic heterocycles. The third-order valence-electron chi connectivity index (χ3n) is 2.73. The van der Waals surface area contributed by atoms with Gasteiger partial charge in [0.05, 0.1) is 11.1 Å². The Bertz CT molecular complexity index is 267. The van der Waals surface area contributed by atoms with E-state index < -0.39 is 0 Å². The van der Waals surface area contributed by atoms with Gasteiger partial charge in [0.2, 0.25) is 5.91 Å². The molecule has 0 unspecified atom stereocenters. The third-order valence-corrected chi connectivity index (χ3v) is 2.93. The van der Waals surface area contributed by atoms with Crippen molar-refractivity contribution >= 4 is 23.1 Å². The first-order valence-corrected chi connectivity index (χ1v) is 6.22. The third kappa shape index (κ3) is 5.95. The fourth-order valence-corrected chi connectivity index (χ4v) is 1.64. The van der Waals surface area contributed by atoms with Crippen LogP contribution in [0.1, 0.15) is 19.3 Å². The molecular formula is C11H20N2O3S. The van der Waals surface area contributed by atoms with E-state index >= 15 is 0 Å². The predicted molar refractivity (Wildman–Crippen MR) is 68.8 cm³/mol. The highest BCUT2D eigenvalue weighted by Crippen LogP contribution is 2.10. The van der Waals surface area contributed by atoms with Gasteiger partial charge in [0.1, 0.15) is 6.61 Å². The van der Waals surface area contributed by atoms with Crippen molar-refractivity contribution in [1.82, 2.24) is 4.90 Å². The highest BCUT2D eigenvalue weighted by molar-refractivity contribution is 7.80. The first-order chi connectivity index (χ1) is 8.09. The van der Waals surface area contributed by atoms with Gasteiger partial charge in [0.15, 0.2) is 0 Å². The number of carbonyl (C=O) groups is 1. The molecule has 1 heterocycles. The van der Waals surface area contributed by atoms with E-state index in [1.807, 2.05) is 0 Å². The summed E-state index contributed by atoms with van der Waals surface area (Å²) in [5.74, 6) is -0.0345. The number of nitrogens with zero attached hydrogens (tertiary/aromatic N) is 1. The Kier molecular flexibility index (Phi) is 6.39. The van der Waals surface area contributed by atoms with E-state index in [2.05, 4.69) is 0 Å². The lowest BCUT2D eigenvalue weighted by atomic mass is 10.1. The summed E-state index contributed by atoms with van der Waals surface area (Å²) in [5, 5.41) is 0. The Morgan fingerprint density at radius 2 is 2.18 bits per heavy atom. The van der Waals surface area contributed by atoms with E-state index in [9.17, 15) is 4.79 Å². The summed E-state index contributed by atoms with van der Waals surface area (Å²) in [7, 11) is 1.73. The van der Waals surface area contributed by atoms with Gasteiger partial charge < -0.3 is 20.1 Å². The molecule has 1 aliphatic rings. The van der Waals surface area contributed by atoms with Gasteiger partial charge in [-0.3, -0.25) is 4.79 Å². The Labute approximate surface area is 107 Å². The minimum absolute atomic E-state index is 0.0345. The van der Waals surface area contributed by atoms with Gasteiger partial charge in [-0.2, -0.15) is 0 Å². The summed E-state index contributed by atoms with van der Waals surface area (Å²) in [6, 6.07) is 0. The zero-order valence-corrected chi connectivity index (χ0v) is 11.0. The maximum atomic E-state index is 11.7. The molecule has 98 valence electrons. The fourth-order valence-electron chi connectivity index (χ4n) is 1.54. The minimum Gasteiger partial charge on any atom is -0.393 e. The largest absolute Gasteiger partial charge is 0.393 e. The molecule has 1 aliphatic heterocycles. The van der Waals surface area contributed by atoms with Gasteiger partial charge in [0.25, 0.3) is 0 Å². The average molecular weight is 260 g/mol. The summed E-state index contributed by atoms with van der Waals surface area (Å²) >= 11 is 4.76. The van der Waals surface area contributed by atoms with Gasteiger partial charge >= 0.3 is 0 Å². The van der Waals surface area contributed by atoms with Crippen molar-refractivity contribution in [2.75, 3.05) is 33.4 Å². The predicted octanol–water partition coefficient (Wildman–Crippen LogP) is 0.317. The average Bonchev–Trinajstić information content (AvgIpc) is 2.34. The summed E-state index contributed by atoms with van der Waals surface area (Å²) in [6.07, 6.45) is 2.43. The van der Waals surface area contributed by atoms with Crippen LogP contribution in [0, 0.1) is 0 Å². The van der Waals surface area contributed by atoms with Crippen LogP contribution in [0.25, 0.3) is 0 Å². The quantitative estimate of drug-likeness (QED) is 0.697. The van der Waals surface area contributed by atoms with Crippen LogP contribution in [0.3, 0.4) is 0 Å².